The molecular weight excluding hydrogens is 226 g/mol. The fourth-order valence-electron chi connectivity index (χ4n) is 2.22. The van der Waals surface area contributed by atoms with Gasteiger partial charge in [0.25, 0.3) is 0 Å². The highest BCUT2D eigenvalue weighted by Gasteiger charge is 2.15. The van der Waals surface area contributed by atoms with Crippen LogP contribution in [0.4, 0.5) is 0 Å². The normalized spacial score (nSPS) is 20.9. The minimum atomic E-state index is 0.353. The van der Waals surface area contributed by atoms with Crippen LogP contribution in [0.15, 0.2) is 24.3 Å². The molecule has 0 bridgehead atoms. The van der Waals surface area contributed by atoms with E-state index in [4.69, 9.17) is 9.47 Å². The van der Waals surface area contributed by atoms with Crippen molar-refractivity contribution in [2.45, 2.75) is 38.3 Å². The zero-order valence-electron chi connectivity index (χ0n) is 11.3. The van der Waals surface area contributed by atoms with E-state index in [-0.39, 0.29) is 0 Å². The molecule has 1 saturated heterocycles. The molecule has 1 heterocycles. The van der Waals surface area contributed by atoms with Gasteiger partial charge in [0.15, 0.2) is 0 Å². The molecule has 0 amide bonds. The van der Waals surface area contributed by atoms with Crippen LogP contribution >= 0.6 is 0 Å². The smallest absolute Gasteiger partial charge is 0.119 e. The van der Waals surface area contributed by atoms with Crippen LogP contribution in [0.5, 0.6) is 5.75 Å². The minimum Gasteiger partial charge on any atom is -0.493 e. The molecule has 1 aromatic carbocycles. The van der Waals surface area contributed by atoms with E-state index in [1.54, 1.807) is 0 Å². The Morgan fingerprint density at radius 2 is 2.39 bits per heavy atom. The Bertz CT molecular complexity index is 361. The van der Waals surface area contributed by atoms with Crippen molar-refractivity contribution in [2.75, 3.05) is 20.3 Å². The van der Waals surface area contributed by atoms with E-state index in [1.807, 2.05) is 19.2 Å². The van der Waals surface area contributed by atoms with E-state index in [0.29, 0.717) is 12.1 Å². The fraction of sp³-hybridized carbons (Fsp3) is 0.600. The van der Waals surface area contributed by atoms with Gasteiger partial charge < -0.3 is 14.8 Å². The maximum atomic E-state index is 5.80. The van der Waals surface area contributed by atoms with Gasteiger partial charge in [-0.25, -0.2) is 0 Å². The average Bonchev–Trinajstić information content (AvgIpc) is 2.91. The summed E-state index contributed by atoms with van der Waals surface area (Å²) in [7, 11) is 1.97. The molecule has 0 saturated carbocycles. The number of hydrogen-bond acceptors (Lipinski definition) is 3. The van der Waals surface area contributed by atoms with Crippen molar-refractivity contribution in [3.63, 3.8) is 0 Å². The van der Waals surface area contributed by atoms with E-state index in [9.17, 15) is 0 Å². The fourth-order valence-corrected chi connectivity index (χ4v) is 2.22. The number of hydrogen-bond donors (Lipinski definition) is 1. The molecule has 18 heavy (non-hydrogen) atoms. The summed E-state index contributed by atoms with van der Waals surface area (Å²) >= 11 is 0. The van der Waals surface area contributed by atoms with Gasteiger partial charge in [-0.3, -0.25) is 0 Å². The Labute approximate surface area is 109 Å². The third kappa shape index (κ3) is 3.72. The van der Waals surface area contributed by atoms with Crippen molar-refractivity contribution < 1.29 is 9.47 Å². The molecule has 0 spiro atoms. The SMILES string of the molecule is CNC(C)c1cccc(OCCC2CCCO2)c1. The van der Waals surface area contributed by atoms with Crippen molar-refractivity contribution in [1.82, 2.24) is 5.32 Å². The molecule has 0 aliphatic carbocycles. The zero-order chi connectivity index (χ0) is 12.8. The van der Waals surface area contributed by atoms with Gasteiger partial charge in [-0.05, 0) is 44.5 Å². The number of ether oxygens (including phenoxy) is 2. The first kappa shape index (κ1) is 13.4. The summed E-state index contributed by atoms with van der Waals surface area (Å²) in [6, 6.07) is 8.64. The molecule has 1 N–H and O–H groups in total. The van der Waals surface area contributed by atoms with Crippen LogP contribution in [0, 0.1) is 0 Å². The second-order valence-electron chi connectivity index (χ2n) is 4.86. The third-order valence-corrected chi connectivity index (χ3v) is 3.52. The number of rotatable bonds is 6. The van der Waals surface area contributed by atoms with E-state index >= 15 is 0 Å². The molecule has 100 valence electrons. The molecule has 2 unspecified atom stereocenters. The second kappa shape index (κ2) is 6.76. The van der Waals surface area contributed by atoms with Gasteiger partial charge in [-0.15, -0.1) is 0 Å². The maximum Gasteiger partial charge on any atom is 0.119 e. The third-order valence-electron chi connectivity index (χ3n) is 3.52. The summed E-state index contributed by atoms with van der Waals surface area (Å²) in [6.45, 7) is 3.80. The Kier molecular flexibility index (Phi) is 5.02. The molecule has 1 aromatic rings. The zero-order valence-corrected chi connectivity index (χ0v) is 11.3. The largest absolute Gasteiger partial charge is 0.493 e. The van der Waals surface area contributed by atoms with Crippen molar-refractivity contribution >= 4 is 0 Å². The topological polar surface area (TPSA) is 30.5 Å². The highest BCUT2D eigenvalue weighted by atomic mass is 16.5. The summed E-state index contributed by atoms with van der Waals surface area (Å²) < 4.78 is 11.4. The first-order valence-electron chi connectivity index (χ1n) is 6.81. The van der Waals surface area contributed by atoms with Crippen molar-refractivity contribution in [1.29, 1.82) is 0 Å². The lowest BCUT2D eigenvalue weighted by molar-refractivity contribution is 0.0903. The molecule has 0 radical (unpaired) electrons. The quantitative estimate of drug-likeness (QED) is 0.841. The Balaban J connectivity index is 1.81. The van der Waals surface area contributed by atoms with Crippen LogP contribution in [0.2, 0.25) is 0 Å². The van der Waals surface area contributed by atoms with Gasteiger partial charge in [0.2, 0.25) is 0 Å². The maximum absolute atomic E-state index is 5.80. The van der Waals surface area contributed by atoms with Gasteiger partial charge in [0, 0.05) is 19.1 Å². The van der Waals surface area contributed by atoms with Crippen molar-refractivity contribution in [3.8, 4) is 5.75 Å². The Hall–Kier alpha value is -1.06. The minimum absolute atomic E-state index is 0.353. The van der Waals surface area contributed by atoms with Crippen molar-refractivity contribution in [2.24, 2.45) is 0 Å². The van der Waals surface area contributed by atoms with E-state index in [1.165, 1.54) is 18.4 Å². The van der Waals surface area contributed by atoms with Gasteiger partial charge in [0.05, 0.1) is 12.7 Å². The highest BCUT2D eigenvalue weighted by Crippen LogP contribution is 2.20. The first-order valence-corrected chi connectivity index (χ1v) is 6.81. The molecular formula is C15H23NO2. The lowest BCUT2D eigenvalue weighted by Gasteiger charge is -2.14. The molecule has 3 heteroatoms. The second-order valence-corrected chi connectivity index (χ2v) is 4.86. The lowest BCUT2D eigenvalue weighted by atomic mass is 10.1. The summed E-state index contributed by atoms with van der Waals surface area (Å²) in [5.41, 5.74) is 1.26. The molecule has 1 fully saturated rings. The van der Waals surface area contributed by atoms with Gasteiger partial charge >= 0.3 is 0 Å². The molecule has 0 aromatic heterocycles. The summed E-state index contributed by atoms with van der Waals surface area (Å²) in [6.07, 6.45) is 3.77. The van der Waals surface area contributed by atoms with Crippen LogP contribution in [-0.4, -0.2) is 26.4 Å². The Morgan fingerprint density at radius 1 is 1.50 bits per heavy atom. The lowest BCUT2D eigenvalue weighted by Crippen LogP contribution is -2.13. The molecule has 3 nitrogen and oxygen atoms in total. The molecule has 1 aliphatic rings. The average molecular weight is 249 g/mol. The van der Waals surface area contributed by atoms with Crippen LogP contribution in [0.3, 0.4) is 0 Å². The molecule has 1 aliphatic heterocycles. The van der Waals surface area contributed by atoms with Gasteiger partial charge in [-0.1, -0.05) is 12.1 Å². The standard InChI is InChI=1S/C15H23NO2/c1-12(16-2)13-5-3-6-15(11-13)18-10-8-14-7-4-9-17-14/h3,5-6,11-12,14,16H,4,7-10H2,1-2H3. The van der Waals surface area contributed by atoms with E-state index < -0.39 is 0 Å². The van der Waals surface area contributed by atoms with Crippen LogP contribution < -0.4 is 10.1 Å². The van der Waals surface area contributed by atoms with Crippen LogP contribution in [0.1, 0.15) is 37.8 Å². The Morgan fingerprint density at radius 3 is 3.11 bits per heavy atom. The number of benzene rings is 1. The van der Waals surface area contributed by atoms with Crippen molar-refractivity contribution in [3.05, 3.63) is 29.8 Å². The van der Waals surface area contributed by atoms with E-state index in [2.05, 4.69) is 24.4 Å². The number of nitrogens with one attached hydrogen (secondary N) is 1. The predicted molar refractivity (Wildman–Crippen MR) is 73.0 cm³/mol. The molecule has 2 atom stereocenters. The van der Waals surface area contributed by atoms with Crippen LogP contribution in [0.25, 0.3) is 0 Å². The summed E-state index contributed by atoms with van der Waals surface area (Å²) in [5.74, 6) is 0.951. The van der Waals surface area contributed by atoms with Gasteiger partial charge in [-0.2, -0.15) is 0 Å². The van der Waals surface area contributed by atoms with Crippen LogP contribution in [-0.2, 0) is 4.74 Å². The van der Waals surface area contributed by atoms with E-state index in [0.717, 1.165) is 25.4 Å². The highest BCUT2D eigenvalue weighted by molar-refractivity contribution is 5.30. The summed E-state index contributed by atoms with van der Waals surface area (Å²) in [5, 5.41) is 3.23. The monoisotopic (exact) mass is 249 g/mol. The molecule has 2 rings (SSSR count). The summed E-state index contributed by atoms with van der Waals surface area (Å²) in [4.78, 5) is 0. The first-order chi connectivity index (χ1) is 8.79. The van der Waals surface area contributed by atoms with Gasteiger partial charge in [0.1, 0.15) is 5.75 Å². The predicted octanol–water partition coefficient (Wildman–Crippen LogP) is 2.91.